The molecule has 0 saturated carbocycles. The van der Waals surface area contributed by atoms with Crippen molar-refractivity contribution in [3.8, 4) is 22.0 Å². The van der Waals surface area contributed by atoms with Crippen LogP contribution in [-0.2, 0) is 12.3 Å². The van der Waals surface area contributed by atoms with Gasteiger partial charge in [-0.25, -0.2) is 4.98 Å². The lowest BCUT2D eigenvalue weighted by molar-refractivity contribution is 0.731. The predicted octanol–water partition coefficient (Wildman–Crippen LogP) is 6.53. The van der Waals surface area contributed by atoms with E-state index in [2.05, 4.69) is 77.1 Å². The summed E-state index contributed by atoms with van der Waals surface area (Å²) in [5.74, 6) is 1.67. The number of nitrogens with zero attached hydrogens (tertiary/aromatic N) is 4. The van der Waals surface area contributed by atoms with Gasteiger partial charge in [-0.05, 0) is 31.9 Å². The molecule has 0 aliphatic carbocycles. The lowest BCUT2D eigenvalue weighted by Gasteiger charge is -2.07. The van der Waals surface area contributed by atoms with Crippen LogP contribution in [0.2, 0.25) is 0 Å². The number of hydrogen-bond acceptors (Lipinski definition) is 6. The van der Waals surface area contributed by atoms with E-state index in [0.717, 1.165) is 33.0 Å². The Labute approximate surface area is 183 Å². The average molecular weight is 439 g/mol. The normalized spacial score (nSPS) is 11.1. The van der Waals surface area contributed by atoms with Gasteiger partial charge in [-0.1, -0.05) is 42.1 Å². The zero-order chi connectivity index (χ0) is 20.4. The Balaban J connectivity index is 1.56. The van der Waals surface area contributed by atoms with E-state index in [1.807, 2.05) is 6.08 Å². The summed E-state index contributed by atoms with van der Waals surface area (Å²) in [6.45, 7) is 11.0. The lowest BCUT2D eigenvalue weighted by Crippen LogP contribution is -2.01. The number of aryl methyl sites for hydroxylation is 2. The number of benzene rings is 1. The van der Waals surface area contributed by atoms with Crippen LogP contribution in [-0.4, -0.2) is 19.7 Å². The van der Waals surface area contributed by atoms with Gasteiger partial charge in [0.15, 0.2) is 11.0 Å². The minimum atomic E-state index is 0.685. The first-order valence-corrected chi connectivity index (χ1v) is 12.0. The van der Waals surface area contributed by atoms with E-state index in [-0.39, 0.29) is 0 Å². The maximum Gasteiger partial charge on any atom is 0.192 e. The van der Waals surface area contributed by atoms with Gasteiger partial charge >= 0.3 is 0 Å². The molecule has 4 nitrogen and oxygen atoms in total. The Bertz CT molecular complexity index is 1150. The van der Waals surface area contributed by atoms with Crippen LogP contribution in [0.5, 0.6) is 0 Å². The molecule has 1 aromatic carbocycles. The lowest BCUT2D eigenvalue weighted by atomic mass is 10.1. The second kappa shape index (κ2) is 8.65. The van der Waals surface area contributed by atoms with Crippen LogP contribution in [0.15, 0.2) is 52.8 Å². The molecule has 0 unspecified atom stereocenters. The molecule has 0 saturated heterocycles. The van der Waals surface area contributed by atoms with E-state index in [4.69, 9.17) is 4.98 Å². The monoisotopic (exact) mass is 438 g/mol. The van der Waals surface area contributed by atoms with Gasteiger partial charge in [0.2, 0.25) is 0 Å². The van der Waals surface area contributed by atoms with E-state index in [1.165, 1.54) is 21.6 Å². The smallest absolute Gasteiger partial charge is 0.192 e. The van der Waals surface area contributed by atoms with Crippen molar-refractivity contribution in [2.75, 3.05) is 0 Å². The molecule has 4 rings (SSSR count). The van der Waals surface area contributed by atoms with Crippen molar-refractivity contribution in [3.63, 3.8) is 0 Å². The molecule has 3 aromatic heterocycles. The van der Waals surface area contributed by atoms with Crippen LogP contribution in [0.3, 0.4) is 0 Å². The summed E-state index contributed by atoms with van der Waals surface area (Å²) in [5, 5.41) is 15.2. The van der Waals surface area contributed by atoms with Gasteiger partial charge in [0.05, 0.1) is 5.69 Å². The molecule has 0 N–H and O–H groups in total. The second-order valence-corrected chi connectivity index (χ2v) is 9.67. The molecule has 3 heterocycles. The highest BCUT2D eigenvalue weighted by Crippen LogP contribution is 2.33. The number of thioether (sulfide) groups is 1. The summed E-state index contributed by atoms with van der Waals surface area (Å²) in [6.07, 6.45) is 1.89. The molecule has 0 aliphatic rings. The molecule has 0 fully saturated rings. The number of aromatic nitrogens is 4. The fourth-order valence-electron chi connectivity index (χ4n) is 3.07. The summed E-state index contributed by atoms with van der Waals surface area (Å²) in [4.78, 5) is 6.15. The highest BCUT2D eigenvalue weighted by atomic mass is 32.2. The van der Waals surface area contributed by atoms with E-state index in [1.54, 1.807) is 34.4 Å². The zero-order valence-corrected chi connectivity index (χ0v) is 19.1. The molecular formula is C22H22N4S3. The largest absolute Gasteiger partial charge is 0.298 e. The molecule has 0 spiro atoms. The number of thiazole rings is 1. The fourth-order valence-corrected chi connectivity index (χ4v) is 5.79. The Morgan fingerprint density at radius 1 is 1.07 bits per heavy atom. The van der Waals surface area contributed by atoms with Crippen molar-refractivity contribution < 1.29 is 0 Å². The van der Waals surface area contributed by atoms with Crippen molar-refractivity contribution in [1.82, 2.24) is 19.7 Å². The predicted molar refractivity (Wildman–Crippen MR) is 125 cm³/mol. The molecule has 0 amide bonds. The van der Waals surface area contributed by atoms with Crippen LogP contribution >= 0.6 is 34.4 Å². The maximum atomic E-state index is 4.84. The van der Waals surface area contributed by atoms with Crippen LogP contribution in [0.4, 0.5) is 0 Å². The Morgan fingerprint density at radius 3 is 2.62 bits per heavy atom. The third-order valence-electron chi connectivity index (χ3n) is 4.83. The Morgan fingerprint density at radius 2 is 1.90 bits per heavy atom. The third-order valence-corrected chi connectivity index (χ3v) is 7.77. The summed E-state index contributed by atoms with van der Waals surface area (Å²) in [6, 6.07) is 8.37. The summed E-state index contributed by atoms with van der Waals surface area (Å²) in [7, 11) is 0. The quantitative estimate of drug-likeness (QED) is 0.243. The summed E-state index contributed by atoms with van der Waals surface area (Å²) < 4.78 is 2.14. The van der Waals surface area contributed by atoms with Crippen molar-refractivity contribution in [3.05, 3.63) is 69.4 Å². The first-order chi connectivity index (χ1) is 14.1. The van der Waals surface area contributed by atoms with Gasteiger partial charge in [-0.15, -0.1) is 39.4 Å². The molecule has 4 aromatic rings. The van der Waals surface area contributed by atoms with Crippen LogP contribution in [0.1, 0.15) is 21.7 Å². The van der Waals surface area contributed by atoms with Gasteiger partial charge < -0.3 is 0 Å². The Hall–Kier alpha value is -2.22. The average Bonchev–Trinajstić information content (AvgIpc) is 3.42. The highest BCUT2D eigenvalue weighted by Gasteiger charge is 2.17. The van der Waals surface area contributed by atoms with Crippen molar-refractivity contribution >= 4 is 34.4 Å². The van der Waals surface area contributed by atoms with E-state index >= 15 is 0 Å². The maximum absolute atomic E-state index is 4.84. The zero-order valence-electron chi connectivity index (χ0n) is 16.7. The van der Waals surface area contributed by atoms with Gasteiger partial charge in [0, 0.05) is 39.1 Å². The third kappa shape index (κ3) is 4.08. The summed E-state index contributed by atoms with van der Waals surface area (Å²) >= 11 is 5.11. The van der Waals surface area contributed by atoms with E-state index in [0.29, 0.717) is 6.54 Å². The van der Waals surface area contributed by atoms with E-state index in [9.17, 15) is 0 Å². The molecule has 0 aliphatic heterocycles. The highest BCUT2D eigenvalue weighted by molar-refractivity contribution is 7.98. The van der Waals surface area contributed by atoms with Crippen molar-refractivity contribution in [2.45, 2.75) is 38.2 Å². The number of hydrogen-bond donors (Lipinski definition) is 0. The minimum Gasteiger partial charge on any atom is -0.298 e. The SMILES string of the molecule is C=CCn1c(SCc2csc(-c3ccccc3C)n2)nnc1-c1csc(C)c1C. The Kier molecular flexibility index (Phi) is 5.99. The molecule has 0 radical (unpaired) electrons. The number of thiophene rings is 1. The van der Waals surface area contributed by atoms with E-state index < -0.39 is 0 Å². The topological polar surface area (TPSA) is 43.6 Å². The van der Waals surface area contributed by atoms with Gasteiger partial charge in [-0.2, -0.15) is 0 Å². The molecule has 0 bridgehead atoms. The van der Waals surface area contributed by atoms with Gasteiger partial charge in [0.25, 0.3) is 0 Å². The van der Waals surface area contributed by atoms with Crippen molar-refractivity contribution in [2.24, 2.45) is 0 Å². The van der Waals surface area contributed by atoms with Gasteiger partial charge in [0.1, 0.15) is 5.01 Å². The first kappa shape index (κ1) is 20.1. The second-order valence-electron chi connectivity index (χ2n) is 6.78. The summed E-state index contributed by atoms with van der Waals surface area (Å²) in [5.41, 5.74) is 5.94. The van der Waals surface area contributed by atoms with Crippen LogP contribution in [0, 0.1) is 20.8 Å². The molecule has 0 atom stereocenters. The van der Waals surface area contributed by atoms with Gasteiger partial charge in [-0.3, -0.25) is 4.57 Å². The van der Waals surface area contributed by atoms with Crippen LogP contribution < -0.4 is 0 Å². The number of allylic oxidation sites excluding steroid dienone is 1. The van der Waals surface area contributed by atoms with Crippen molar-refractivity contribution in [1.29, 1.82) is 0 Å². The number of rotatable bonds is 7. The first-order valence-electron chi connectivity index (χ1n) is 9.31. The van der Waals surface area contributed by atoms with Crippen LogP contribution in [0.25, 0.3) is 22.0 Å². The standard InChI is InChI=1S/C22H22N4S3/c1-5-10-26-20(19-13-27-16(4)15(19)3)24-25-22(26)29-12-17-11-28-21(23-17)18-9-7-6-8-14(18)2/h5-9,11,13H,1,10,12H2,2-4H3. The fraction of sp³-hybridized carbons (Fsp3) is 0.227. The molecule has 29 heavy (non-hydrogen) atoms. The molecule has 148 valence electrons. The molecule has 7 heteroatoms. The molecular weight excluding hydrogens is 416 g/mol. The minimum absolute atomic E-state index is 0.685.